The highest BCUT2D eigenvalue weighted by Crippen LogP contribution is 2.14. The second-order valence-electron chi connectivity index (χ2n) is 15.6. The molecule has 0 heterocycles. The van der Waals surface area contributed by atoms with Crippen LogP contribution in [0.15, 0.2) is 60.8 Å². The first-order valence-electron chi connectivity index (χ1n) is 23.8. The minimum atomic E-state index is -0.784. The molecule has 6 nitrogen and oxygen atoms in total. The standard InChI is InChI=1S/C51H88O6/c1-4-7-10-13-16-19-22-24-25-27-29-32-35-38-41-44-50(53)56-47-48(46-55-49(52)43-40-37-34-31-28-21-18-15-12-9-6-3)57-51(54)45-42-39-36-33-30-26-23-20-17-14-11-8-5-2/h7,10-11,14,16,19-20,23-25,48H,4-6,8-9,12-13,15,17-18,21-22,26-47H2,1-3H3/b10-7-,14-11-,19-16-,23-20-,25-24-. The number of esters is 3. The van der Waals surface area contributed by atoms with E-state index in [-0.39, 0.29) is 31.1 Å². The van der Waals surface area contributed by atoms with Gasteiger partial charge in [-0.25, -0.2) is 0 Å². The van der Waals surface area contributed by atoms with Gasteiger partial charge in [0.1, 0.15) is 13.2 Å². The highest BCUT2D eigenvalue weighted by atomic mass is 16.6. The van der Waals surface area contributed by atoms with Gasteiger partial charge in [0.05, 0.1) is 0 Å². The molecule has 0 aliphatic heterocycles. The van der Waals surface area contributed by atoms with Crippen molar-refractivity contribution in [2.45, 2.75) is 232 Å². The second-order valence-corrected chi connectivity index (χ2v) is 15.6. The minimum Gasteiger partial charge on any atom is -0.462 e. The summed E-state index contributed by atoms with van der Waals surface area (Å²) in [5, 5.41) is 0. The summed E-state index contributed by atoms with van der Waals surface area (Å²) in [5.41, 5.74) is 0. The van der Waals surface area contributed by atoms with Crippen molar-refractivity contribution in [3.05, 3.63) is 60.8 Å². The largest absolute Gasteiger partial charge is 0.462 e. The maximum absolute atomic E-state index is 12.7. The molecule has 0 aliphatic rings. The lowest BCUT2D eigenvalue weighted by Crippen LogP contribution is -2.30. The van der Waals surface area contributed by atoms with Gasteiger partial charge in [-0.15, -0.1) is 0 Å². The van der Waals surface area contributed by atoms with Crippen LogP contribution in [0.2, 0.25) is 0 Å². The van der Waals surface area contributed by atoms with E-state index in [0.29, 0.717) is 19.3 Å². The third-order valence-electron chi connectivity index (χ3n) is 9.99. The Balaban J connectivity index is 4.42. The molecular formula is C51H88O6. The van der Waals surface area contributed by atoms with Crippen molar-refractivity contribution in [3.8, 4) is 0 Å². The van der Waals surface area contributed by atoms with Gasteiger partial charge in [-0.05, 0) is 77.0 Å². The molecule has 328 valence electrons. The van der Waals surface area contributed by atoms with E-state index in [4.69, 9.17) is 14.2 Å². The topological polar surface area (TPSA) is 78.9 Å². The monoisotopic (exact) mass is 797 g/mol. The third-order valence-corrected chi connectivity index (χ3v) is 9.99. The van der Waals surface area contributed by atoms with E-state index in [2.05, 4.69) is 81.5 Å². The Kier molecular flexibility index (Phi) is 43.5. The molecule has 0 bridgehead atoms. The number of carbonyl (C=O) groups is 3. The maximum Gasteiger partial charge on any atom is 0.306 e. The molecule has 0 aliphatic carbocycles. The molecule has 0 spiro atoms. The lowest BCUT2D eigenvalue weighted by atomic mass is 10.1. The number of allylic oxidation sites excluding steroid dienone is 10. The zero-order chi connectivity index (χ0) is 41.5. The summed E-state index contributed by atoms with van der Waals surface area (Å²) in [6.07, 6.45) is 54.8. The number of hydrogen-bond acceptors (Lipinski definition) is 6. The van der Waals surface area contributed by atoms with Crippen LogP contribution in [0.3, 0.4) is 0 Å². The molecule has 0 radical (unpaired) electrons. The van der Waals surface area contributed by atoms with Gasteiger partial charge >= 0.3 is 17.9 Å². The Bertz CT molecular complexity index is 1050. The van der Waals surface area contributed by atoms with E-state index < -0.39 is 6.10 Å². The predicted molar refractivity (Wildman–Crippen MR) is 242 cm³/mol. The van der Waals surface area contributed by atoms with Crippen LogP contribution in [0.1, 0.15) is 226 Å². The van der Waals surface area contributed by atoms with Gasteiger partial charge in [0.25, 0.3) is 0 Å². The molecule has 6 heteroatoms. The molecule has 57 heavy (non-hydrogen) atoms. The first kappa shape index (κ1) is 54.1. The molecule has 0 aromatic rings. The van der Waals surface area contributed by atoms with Crippen molar-refractivity contribution in [2.24, 2.45) is 0 Å². The molecule has 0 aromatic heterocycles. The molecular weight excluding hydrogens is 709 g/mol. The first-order chi connectivity index (χ1) is 28.0. The fraction of sp³-hybridized carbons (Fsp3) is 0.745. The third kappa shape index (κ3) is 44.1. The van der Waals surface area contributed by atoms with Gasteiger partial charge in [-0.3, -0.25) is 14.4 Å². The fourth-order valence-electron chi connectivity index (χ4n) is 6.43. The molecule has 1 atom stereocenters. The minimum absolute atomic E-state index is 0.0845. The molecule has 0 N–H and O–H groups in total. The van der Waals surface area contributed by atoms with E-state index in [1.807, 2.05) is 0 Å². The molecule has 0 amide bonds. The van der Waals surface area contributed by atoms with Crippen molar-refractivity contribution < 1.29 is 28.6 Å². The Hall–Kier alpha value is -2.89. The SMILES string of the molecule is CC/C=C\C/C=C\C/C=C\CCCCCCCC(=O)OCC(COC(=O)CCCCCCCCCCCCC)OC(=O)CCCCCCC/C=C\C/C=C\CCC. The molecule has 0 saturated carbocycles. The van der Waals surface area contributed by atoms with Crippen LogP contribution >= 0.6 is 0 Å². The van der Waals surface area contributed by atoms with Crippen LogP contribution < -0.4 is 0 Å². The van der Waals surface area contributed by atoms with Gasteiger partial charge < -0.3 is 14.2 Å². The van der Waals surface area contributed by atoms with E-state index >= 15 is 0 Å². The number of ether oxygens (including phenoxy) is 3. The Labute approximate surface area is 351 Å². The van der Waals surface area contributed by atoms with Crippen molar-refractivity contribution in [1.29, 1.82) is 0 Å². The van der Waals surface area contributed by atoms with Crippen LogP contribution in [0.25, 0.3) is 0 Å². The van der Waals surface area contributed by atoms with Gasteiger partial charge in [-0.1, -0.05) is 191 Å². The Morgan fingerprint density at radius 2 is 0.719 bits per heavy atom. The number of unbranched alkanes of at least 4 members (excludes halogenated alkanes) is 21. The lowest BCUT2D eigenvalue weighted by molar-refractivity contribution is -0.167. The maximum atomic E-state index is 12.7. The number of rotatable bonds is 42. The molecule has 1 unspecified atom stereocenters. The van der Waals surface area contributed by atoms with Gasteiger partial charge in [0.2, 0.25) is 0 Å². The van der Waals surface area contributed by atoms with Gasteiger partial charge in [0.15, 0.2) is 6.10 Å². The molecule has 0 saturated heterocycles. The number of carbonyl (C=O) groups excluding carboxylic acids is 3. The van der Waals surface area contributed by atoms with E-state index in [1.54, 1.807) is 0 Å². The Morgan fingerprint density at radius 3 is 1.14 bits per heavy atom. The highest BCUT2D eigenvalue weighted by Gasteiger charge is 2.19. The quantitative estimate of drug-likeness (QED) is 0.0265. The van der Waals surface area contributed by atoms with Crippen LogP contribution in [0.4, 0.5) is 0 Å². The summed E-state index contributed by atoms with van der Waals surface area (Å²) in [5.74, 6) is -0.918. The zero-order valence-corrected chi connectivity index (χ0v) is 37.3. The van der Waals surface area contributed by atoms with E-state index in [1.165, 1.54) is 57.8 Å². The molecule has 0 aromatic carbocycles. The summed E-state index contributed by atoms with van der Waals surface area (Å²) in [6, 6.07) is 0. The smallest absolute Gasteiger partial charge is 0.306 e. The van der Waals surface area contributed by atoms with Crippen LogP contribution in [-0.2, 0) is 28.6 Å². The summed E-state index contributed by atoms with van der Waals surface area (Å²) in [7, 11) is 0. The van der Waals surface area contributed by atoms with Crippen LogP contribution in [0, 0.1) is 0 Å². The van der Waals surface area contributed by atoms with Gasteiger partial charge in [0, 0.05) is 19.3 Å². The summed E-state index contributed by atoms with van der Waals surface area (Å²) in [6.45, 7) is 6.42. The zero-order valence-electron chi connectivity index (χ0n) is 37.3. The van der Waals surface area contributed by atoms with E-state index in [9.17, 15) is 14.4 Å². The molecule has 0 rings (SSSR count). The molecule has 0 fully saturated rings. The summed E-state index contributed by atoms with van der Waals surface area (Å²) < 4.78 is 16.7. The van der Waals surface area contributed by atoms with Crippen LogP contribution in [-0.4, -0.2) is 37.2 Å². The van der Waals surface area contributed by atoms with E-state index in [0.717, 1.165) is 128 Å². The van der Waals surface area contributed by atoms with Crippen LogP contribution in [0.5, 0.6) is 0 Å². The summed E-state index contributed by atoms with van der Waals surface area (Å²) >= 11 is 0. The average molecular weight is 797 g/mol. The Morgan fingerprint density at radius 1 is 0.368 bits per heavy atom. The predicted octanol–water partition coefficient (Wildman–Crippen LogP) is 15.3. The number of hydrogen-bond donors (Lipinski definition) is 0. The summed E-state index contributed by atoms with van der Waals surface area (Å²) in [4.78, 5) is 37.8. The first-order valence-corrected chi connectivity index (χ1v) is 23.8. The van der Waals surface area contributed by atoms with Gasteiger partial charge in [-0.2, -0.15) is 0 Å². The fourth-order valence-corrected chi connectivity index (χ4v) is 6.43. The average Bonchev–Trinajstić information content (AvgIpc) is 3.21. The van der Waals surface area contributed by atoms with Crippen molar-refractivity contribution in [1.82, 2.24) is 0 Å². The normalized spacial score (nSPS) is 12.5. The van der Waals surface area contributed by atoms with Crippen molar-refractivity contribution in [3.63, 3.8) is 0 Å². The highest BCUT2D eigenvalue weighted by molar-refractivity contribution is 5.71. The van der Waals surface area contributed by atoms with Crippen molar-refractivity contribution >= 4 is 17.9 Å². The lowest BCUT2D eigenvalue weighted by Gasteiger charge is -2.18. The van der Waals surface area contributed by atoms with Crippen molar-refractivity contribution in [2.75, 3.05) is 13.2 Å². The second kappa shape index (κ2) is 45.8.